The summed E-state index contributed by atoms with van der Waals surface area (Å²) >= 11 is 0. The first-order valence-electron chi connectivity index (χ1n) is 6.74. The maximum atomic E-state index is 3.98. The lowest BCUT2D eigenvalue weighted by Gasteiger charge is -2.20. The monoisotopic (exact) mass is 246 g/mol. The molecule has 0 aliphatic heterocycles. The van der Waals surface area contributed by atoms with E-state index < -0.39 is 0 Å². The molecular formula is C16H26N2. The molecule has 1 aromatic carbocycles. The van der Waals surface area contributed by atoms with Crippen molar-refractivity contribution in [2.75, 3.05) is 26.7 Å². The van der Waals surface area contributed by atoms with E-state index in [4.69, 9.17) is 0 Å². The fourth-order valence-electron chi connectivity index (χ4n) is 2.00. The summed E-state index contributed by atoms with van der Waals surface area (Å²) in [4.78, 5) is 2.41. The van der Waals surface area contributed by atoms with Gasteiger partial charge in [-0.15, -0.1) is 0 Å². The molecule has 1 aromatic rings. The Kier molecular flexibility index (Phi) is 6.69. The minimum absolute atomic E-state index is 0.984. The molecule has 2 heteroatoms. The van der Waals surface area contributed by atoms with Crippen molar-refractivity contribution in [3.63, 3.8) is 0 Å². The molecule has 0 saturated heterocycles. The lowest BCUT2D eigenvalue weighted by molar-refractivity contribution is 0.304. The van der Waals surface area contributed by atoms with Crippen LogP contribution in [0, 0.1) is 0 Å². The van der Waals surface area contributed by atoms with Gasteiger partial charge in [-0.2, -0.15) is 0 Å². The molecule has 0 radical (unpaired) electrons. The van der Waals surface area contributed by atoms with Gasteiger partial charge in [0.1, 0.15) is 0 Å². The van der Waals surface area contributed by atoms with Crippen LogP contribution in [0.15, 0.2) is 36.4 Å². The van der Waals surface area contributed by atoms with Gasteiger partial charge < -0.3 is 5.32 Å². The third kappa shape index (κ3) is 5.48. The van der Waals surface area contributed by atoms with Crippen LogP contribution in [0.25, 0.3) is 0 Å². The summed E-state index contributed by atoms with van der Waals surface area (Å²) in [5.74, 6) is 0. The van der Waals surface area contributed by atoms with E-state index in [0.29, 0.717) is 0 Å². The van der Waals surface area contributed by atoms with Crippen molar-refractivity contribution >= 4 is 0 Å². The normalized spacial score (nSPS) is 10.9. The molecule has 0 fully saturated rings. The van der Waals surface area contributed by atoms with E-state index in [0.717, 1.165) is 32.6 Å². The molecule has 0 aliphatic rings. The summed E-state index contributed by atoms with van der Waals surface area (Å²) in [7, 11) is 1.99. The zero-order valence-electron chi connectivity index (χ0n) is 12.0. The van der Waals surface area contributed by atoms with Crippen LogP contribution in [0.1, 0.15) is 25.0 Å². The molecule has 1 N–H and O–H groups in total. The Hall–Kier alpha value is -1.12. The molecular weight excluding hydrogens is 220 g/mol. The van der Waals surface area contributed by atoms with Gasteiger partial charge in [0.25, 0.3) is 0 Å². The van der Waals surface area contributed by atoms with Crippen LogP contribution in [-0.4, -0.2) is 31.6 Å². The van der Waals surface area contributed by atoms with Crippen molar-refractivity contribution in [1.29, 1.82) is 0 Å². The molecule has 2 nitrogen and oxygen atoms in total. The molecule has 1 rings (SSSR count). The second-order valence-corrected chi connectivity index (χ2v) is 4.93. The van der Waals surface area contributed by atoms with Gasteiger partial charge in [-0.25, -0.2) is 0 Å². The van der Waals surface area contributed by atoms with Crippen molar-refractivity contribution in [2.24, 2.45) is 0 Å². The molecule has 0 heterocycles. The molecule has 0 amide bonds. The predicted molar refractivity (Wildman–Crippen MR) is 79.8 cm³/mol. The van der Waals surface area contributed by atoms with Gasteiger partial charge in [0, 0.05) is 13.1 Å². The maximum absolute atomic E-state index is 3.98. The Morgan fingerprint density at radius 1 is 1.22 bits per heavy atom. The standard InChI is InChI=1S/C16H26N2/c1-5-18(12-14(2)3)13-16-8-6-15(7-9-16)10-11-17-4/h6-9,17H,2,5,10-13H2,1,3-4H3. The van der Waals surface area contributed by atoms with Crippen molar-refractivity contribution in [1.82, 2.24) is 10.2 Å². The lowest BCUT2D eigenvalue weighted by Crippen LogP contribution is -2.24. The summed E-state index contributed by atoms with van der Waals surface area (Å²) < 4.78 is 0. The second-order valence-electron chi connectivity index (χ2n) is 4.93. The third-order valence-corrected chi connectivity index (χ3v) is 3.03. The van der Waals surface area contributed by atoms with Crippen molar-refractivity contribution in [3.8, 4) is 0 Å². The van der Waals surface area contributed by atoms with Crippen LogP contribution in [0.4, 0.5) is 0 Å². The first kappa shape index (κ1) is 14.9. The average Bonchev–Trinajstić information content (AvgIpc) is 2.36. The molecule has 0 aromatic heterocycles. The lowest BCUT2D eigenvalue weighted by atomic mass is 10.1. The number of nitrogens with one attached hydrogen (secondary N) is 1. The average molecular weight is 246 g/mol. The third-order valence-electron chi connectivity index (χ3n) is 3.03. The molecule has 18 heavy (non-hydrogen) atoms. The Morgan fingerprint density at radius 2 is 1.83 bits per heavy atom. The first-order valence-corrected chi connectivity index (χ1v) is 6.74. The van der Waals surface area contributed by atoms with E-state index in [1.54, 1.807) is 0 Å². The van der Waals surface area contributed by atoms with Crippen molar-refractivity contribution in [3.05, 3.63) is 47.5 Å². The molecule has 0 unspecified atom stereocenters. The molecule has 0 spiro atoms. The van der Waals surface area contributed by atoms with E-state index in [2.05, 4.69) is 54.9 Å². The van der Waals surface area contributed by atoms with Gasteiger partial charge in [-0.1, -0.05) is 43.3 Å². The first-order chi connectivity index (χ1) is 8.65. The van der Waals surface area contributed by atoms with Gasteiger partial charge in [0.05, 0.1) is 0 Å². The highest BCUT2D eigenvalue weighted by molar-refractivity contribution is 5.22. The summed E-state index contributed by atoms with van der Waals surface area (Å²) in [6.45, 7) is 12.4. The number of likely N-dealkylation sites (N-methyl/N-ethyl adjacent to an activating group) is 2. The van der Waals surface area contributed by atoms with Crippen LogP contribution in [-0.2, 0) is 13.0 Å². The summed E-state index contributed by atoms with van der Waals surface area (Å²) in [5.41, 5.74) is 4.00. The fraction of sp³-hybridized carbons (Fsp3) is 0.500. The Bertz CT molecular complexity index is 354. The number of rotatable bonds is 8. The van der Waals surface area contributed by atoms with Crippen LogP contribution in [0.3, 0.4) is 0 Å². The van der Waals surface area contributed by atoms with E-state index in [1.165, 1.54) is 16.7 Å². The van der Waals surface area contributed by atoms with Crippen LogP contribution in [0.5, 0.6) is 0 Å². The summed E-state index contributed by atoms with van der Waals surface area (Å²) in [5, 5.41) is 3.18. The Balaban J connectivity index is 2.53. The SMILES string of the molecule is C=C(C)CN(CC)Cc1ccc(CCNC)cc1. The number of nitrogens with zero attached hydrogens (tertiary/aromatic N) is 1. The minimum atomic E-state index is 0.984. The van der Waals surface area contributed by atoms with Crippen molar-refractivity contribution < 1.29 is 0 Å². The zero-order chi connectivity index (χ0) is 13.4. The number of hydrogen-bond donors (Lipinski definition) is 1. The van der Waals surface area contributed by atoms with Gasteiger partial charge in [-0.3, -0.25) is 4.90 Å². The zero-order valence-corrected chi connectivity index (χ0v) is 12.0. The maximum Gasteiger partial charge on any atom is 0.0237 e. The quantitative estimate of drug-likeness (QED) is 0.710. The molecule has 100 valence electrons. The fourth-order valence-corrected chi connectivity index (χ4v) is 2.00. The van der Waals surface area contributed by atoms with Gasteiger partial charge in [-0.05, 0) is 44.6 Å². The largest absolute Gasteiger partial charge is 0.319 e. The smallest absolute Gasteiger partial charge is 0.0237 e. The second kappa shape index (κ2) is 8.06. The molecule has 0 bridgehead atoms. The highest BCUT2D eigenvalue weighted by Gasteiger charge is 2.03. The predicted octanol–water partition coefficient (Wildman–Crippen LogP) is 2.85. The van der Waals surface area contributed by atoms with Crippen LogP contribution >= 0.6 is 0 Å². The Morgan fingerprint density at radius 3 is 2.33 bits per heavy atom. The highest BCUT2D eigenvalue weighted by atomic mass is 15.1. The topological polar surface area (TPSA) is 15.3 Å². The van der Waals surface area contributed by atoms with Crippen molar-refractivity contribution in [2.45, 2.75) is 26.8 Å². The van der Waals surface area contributed by atoms with Crippen LogP contribution < -0.4 is 5.32 Å². The molecule has 0 atom stereocenters. The Labute approximate surface area is 112 Å². The molecule has 0 saturated carbocycles. The van der Waals surface area contributed by atoms with E-state index >= 15 is 0 Å². The van der Waals surface area contributed by atoms with E-state index in [-0.39, 0.29) is 0 Å². The highest BCUT2D eigenvalue weighted by Crippen LogP contribution is 2.09. The van der Waals surface area contributed by atoms with Crippen LogP contribution in [0.2, 0.25) is 0 Å². The van der Waals surface area contributed by atoms with E-state index in [9.17, 15) is 0 Å². The number of hydrogen-bond acceptors (Lipinski definition) is 2. The number of benzene rings is 1. The van der Waals surface area contributed by atoms with Gasteiger partial charge in [0.2, 0.25) is 0 Å². The van der Waals surface area contributed by atoms with E-state index in [1.807, 2.05) is 7.05 Å². The summed E-state index contributed by atoms with van der Waals surface area (Å²) in [6.07, 6.45) is 1.10. The van der Waals surface area contributed by atoms with Gasteiger partial charge in [0.15, 0.2) is 0 Å². The minimum Gasteiger partial charge on any atom is -0.319 e. The summed E-state index contributed by atoms with van der Waals surface area (Å²) in [6, 6.07) is 8.96. The molecule has 0 aliphatic carbocycles. The van der Waals surface area contributed by atoms with Gasteiger partial charge >= 0.3 is 0 Å².